The van der Waals surface area contributed by atoms with Crippen LogP contribution in [0.15, 0.2) is 23.5 Å². The van der Waals surface area contributed by atoms with E-state index in [1.165, 1.54) is 6.42 Å². The first-order chi connectivity index (χ1) is 12.9. The zero-order valence-electron chi connectivity index (χ0n) is 17.7. The molecule has 0 saturated heterocycles. The lowest BCUT2D eigenvalue weighted by atomic mass is 9.75. The van der Waals surface area contributed by atoms with E-state index < -0.39 is 0 Å². The van der Waals surface area contributed by atoms with Gasteiger partial charge in [0, 0.05) is 31.5 Å². The van der Waals surface area contributed by atoms with Crippen molar-refractivity contribution in [2.24, 2.45) is 22.7 Å². The summed E-state index contributed by atoms with van der Waals surface area (Å²) in [5.74, 6) is 2.29. The third kappa shape index (κ3) is 5.53. The summed E-state index contributed by atoms with van der Waals surface area (Å²) in [6.45, 7) is 10.9. The molecule has 1 fully saturated rings. The quantitative estimate of drug-likeness (QED) is 0.414. The minimum absolute atomic E-state index is 0.0188. The molecule has 1 heterocycles. The molecule has 0 aliphatic heterocycles. The summed E-state index contributed by atoms with van der Waals surface area (Å²) in [6.07, 6.45) is 7.66. The average molecular weight is 374 g/mol. The highest BCUT2D eigenvalue weighted by atomic mass is 16.5. The summed E-state index contributed by atoms with van der Waals surface area (Å²) in [5, 5.41) is 0. The van der Waals surface area contributed by atoms with E-state index >= 15 is 0 Å². The fraction of sp³-hybridized carbons (Fsp3) is 0.682. The first-order valence-electron chi connectivity index (χ1n) is 10.2. The number of nitrogens with zero attached hydrogens (tertiary/aromatic N) is 3. The predicted molar refractivity (Wildman–Crippen MR) is 111 cm³/mol. The molecule has 0 bridgehead atoms. The van der Waals surface area contributed by atoms with Crippen LogP contribution < -0.4 is 4.90 Å². The predicted octanol–water partition coefficient (Wildman–Crippen LogP) is 4.64. The molecule has 1 saturated carbocycles. The van der Waals surface area contributed by atoms with Crippen molar-refractivity contribution in [2.75, 3.05) is 18.5 Å². The van der Waals surface area contributed by atoms with Gasteiger partial charge in [0.05, 0.1) is 0 Å². The van der Waals surface area contributed by atoms with Gasteiger partial charge in [0.2, 0.25) is 0 Å². The molecule has 0 radical (unpaired) electrons. The van der Waals surface area contributed by atoms with Crippen LogP contribution in [-0.4, -0.2) is 36.5 Å². The number of aromatic nitrogens is 1. The zero-order valence-corrected chi connectivity index (χ0v) is 17.7. The van der Waals surface area contributed by atoms with E-state index in [1.807, 2.05) is 24.1 Å². The highest BCUT2D eigenvalue weighted by molar-refractivity contribution is 6.01. The summed E-state index contributed by atoms with van der Waals surface area (Å²) in [4.78, 5) is 23.4. The van der Waals surface area contributed by atoms with Crippen LogP contribution in [0.2, 0.25) is 0 Å². The van der Waals surface area contributed by atoms with Gasteiger partial charge >= 0.3 is 5.97 Å². The minimum atomic E-state index is -0.175. The third-order valence-corrected chi connectivity index (χ3v) is 5.70. The van der Waals surface area contributed by atoms with E-state index in [0.717, 1.165) is 36.3 Å². The fourth-order valence-electron chi connectivity index (χ4n) is 4.14. The van der Waals surface area contributed by atoms with Crippen LogP contribution in [0.3, 0.4) is 0 Å². The number of carbonyl (C=O) groups is 1. The molecule has 27 heavy (non-hydrogen) atoms. The van der Waals surface area contributed by atoms with Crippen LogP contribution in [0.1, 0.15) is 58.9 Å². The van der Waals surface area contributed by atoms with Gasteiger partial charge in [0.15, 0.2) is 0 Å². The number of anilines is 1. The van der Waals surface area contributed by atoms with E-state index in [1.54, 1.807) is 13.2 Å². The van der Waals surface area contributed by atoms with Gasteiger partial charge in [-0.3, -0.25) is 14.8 Å². The lowest BCUT2D eigenvalue weighted by Crippen LogP contribution is -2.41. The Morgan fingerprint density at radius 2 is 2.15 bits per heavy atom. The van der Waals surface area contributed by atoms with Crippen molar-refractivity contribution in [2.45, 2.75) is 66.4 Å². The Morgan fingerprint density at radius 3 is 2.74 bits per heavy atom. The number of ether oxygens (including phenoxy) is 1. The molecule has 0 spiro atoms. The molecule has 2 rings (SSSR count). The van der Waals surface area contributed by atoms with Gasteiger partial charge in [-0.1, -0.05) is 34.1 Å². The number of rotatable bonds is 6. The second-order valence-electron chi connectivity index (χ2n) is 8.10. The number of carbonyl (C=O) groups excluding carboxylic acids is 1. The SMILES string of the molecule is CC/C(=N\C)N(CC(=O)O[C@@H]1C[C@H](C)CC[C@H]1C(C)C)c1ccncc1C. The van der Waals surface area contributed by atoms with Crippen LogP contribution in [0.4, 0.5) is 5.69 Å². The summed E-state index contributed by atoms with van der Waals surface area (Å²) in [6, 6.07) is 1.93. The van der Waals surface area contributed by atoms with E-state index in [2.05, 4.69) is 37.7 Å². The van der Waals surface area contributed by atoms with Gasteiger partial charge in [-0.15, -0.1) is 0 Å². The number of hydrogen-bond acceptors (Lipinski definition) is 4. The van der Waals surface area contributed by atoms with Crippen LogP contribution in [0.5, 0.6) is 0 Å². The summed E-state index contributed by atoms with van der Waals surface area (Å²) >= 11 is 0. The molecule has 0 amide bonds. The number of esters is 1. The molecular weight excluding hydrogens is 338 g/mol. The Balaban J connectivity index is 2.17. The molecule has 1 aliphatic rings. The largest absolute Gasteiger partial charge is 0.461 e. The summed E-state index contributed by atoms with van der Waals surface area (Å²) in [5.41, 5.74) is 1.98. The normalized spacial score (nSPS) is 23.4. The van der Waals surface area contributed by atoms with Crippen molar-refractivity contribution in [3.63, 3.8) is 0 Å². The van der Waals surface area contributed by atoms with Gasteiger partial charge < -0.3 is 9.64 Å². The smallest absolute Gasteiger partial charge is 0.326 e. The van der Waals surface area contributed by atoms with Crippen molar-refractivity contribution < 1.29 is 9.53 Å². The molecule has 1 aromatic heterocycles. The molecule has 5 nitrogen and oxygen atoms in total. The van der Waals surface area contributed by atoms with E-state index in [0.29, 0.717) is 17.8 Å². The maximum atomic E-state index is 12.9. The Morgan fingerprint density at radius 1 is 1.41 bits per heavy atom. The summed E-state index contributed by atoms with van der Waals surface area (Å²) in [7, 11) is 1.77. The van der Waals surface area contributed by atoms with Crippen molar-refractivity contribution in [1.29, 1.82) is 0 Å². The summed E-state index contributed by atoms with van der Waals surface area (Å²) < 4.78 is 6.02. The Bertz CT molecular complexity index is 657. The molecule has 5 heteroatoms. The zero-order chi connectivity index (χ0) is 20.0. The van der Waals surface area contributed by atoms with E-state index in [9.17, 15) is 4.79 Å². The van der Waals surface area contributed by atoms with Gasteiger partial charge in [0.1, 0.15) is 18.5 Å². The maximum Gasteiger partial charge on any atom is 0.326 e. The van der Waals surface area contributed by atoms with Gasteiger partial charge in [0.25, 0.3) is 0 Å². The second kappa shape index (κ2) is 9.86. The molecule has 150 valence electrons. The van der Waals surface area contributed by atoms with Crippen molar-refractivity contribution in [1.82, 2.24) is 4.98 Å². The topological polar surface area (TPSA) is 54.8 Å². The molecule has 0 aromatic carbocycles. The third-order valence-electron chi connectivity index (χ3n) is 5.70. The Labute approximate surface area is 164 Å². The number of pyridine rings is 1. The van der Waals surface area contributed by atoms with Gasteiger partial charge in [-0.25, -0.2) is 0 Å². The van der Waals surface area contributed by atoms with Crippen LogP contribution >= 0.6 is 0 Å². The van der Waals surface area contributed by atoms with Gasteiger partial charge in [-0.2, -0.15) is 0 Å². The van der Waals surface area contributed by atoms with Crippen LogP contribution in [0.25, 0.3) is 0 Å². The standard InChI is InChI=1S/C22H35N3O2/c1-7-21(23-6)25(19-10-11-24-13-17(19)5)14-22(26)27-20-12-16(4)8-9-18(20)15(2)3/h10-11,13,15-16,18,20H,7-9,12,14H2,1-6H3/b23-21+/t16-,18+,20-/m1/s1. The molecule has 3 atom stereocenters. The molecule has 0 N–H and O–H groups in total. The lowest BCUT2D eigenvalue weighted by Gasteiger charge is -2.37. The average Bonchev–Trinajstić information content (AvgIpc) is 2.62. The first kappa shape index (κ1) is 21.4. The van der Waals surface area contributed by atoms with Crippen molar-refractivity contribution in [3.8, 4) is 0 Å². The minimum Gasteiger partial charge on any atom is -0.461 e. The Hall–Kier alpha value is -1.91. The molecule has 1 aliphatic carbocycles. The monoisotopic (exact) mass is 373 g/mol. The van der Waals surface area contributed by atoms with Gasteiger partial charge in [-0.05, 0) is 49.1 Å². The molecular formula is C22H35N3O2. The van der Waals surface area contributed by atoms with Crippen LogP contribution in [0, 0.1) is 24.7 Å². The number of amidine groups is 1. The molecule has 1 aromatic rings. The van der Waals surface area contributed by atoms with E-state index in [4.69, 9.17) is 4.74 Å². The fourth-order valence-corrected chi connectivity index (χ4v) is 4.14. The van der Waals surface area contributed by atoms with Crippen LogP contribution in [-0.2, 0) is 9.53 Å². The highest BCUT2D eigenvalue weighted by Crippen LogP contribution is 2.35. The van der Waals surface area contributed by atoms with Crippen molar-refractivity contribution >= 4 is 17.5 Å². The van der Waals surface area contributed by atoms with Crippen molar-refractivity contribution in [3.05, 3.63) is 24.0 Å². The Kier molecular flexibility index (Phi) is 7.81. The first-order valence-corrected chi connectivity index (χ1v) is 10.2. The number of hydrogen-bond donors (Lipinski definition) is 0. The maximum absolute atomic E-state index is 12.9. The van der Waals surface area contributed by atoms with E-state index in [-0.39, 0.29) is 18.6 Å². The second-order valence-corrected chi connectivity index (χ2v) is 8.10. The molecule has 0 unspecified atom stereocenters. The number of aliphatic imine (C=N–C) groups is 1. The number of aryl methyl sites for hydroxylation is 1. The highest BCUT2D eigenvalue weighted by Gasteiger charge is 2.34. The lowest BCUT2D eigenvalue weighted by molar-refractivity contribution is -0.154.